The van der Waals surface area contributed by atoms with Gasteiger partial charge in [-0.15, -0.1) is 0 Å². The lowest BCUT2D eigenvalue weighted by molar-refractivity contribution is -0.120. The average molecular weight is 347 g/mol. The van der Waals surface area contributed by atoms with Crippen molar-refractivity contribution >= 4 is 39.1 Å². The quantitative estimate of drug-likeness (QED) is 0.883. The van der Waals surface area contributed by atoms with Crippen LogP contribution in [0.2, 0.25) is 5.02 Å². The van der Waals surface area contributed by atoms with Gasteiger partial charge in [-0.05, 0) is 41.1 Å². The van der Waals surface area contributed by atoms with Gasteiger partial charge in [0.2, 0.25) is 5.91 Å². The predicted molar refractivity (Wildman–Crippen MR) is 81.7 cm³/mol. The van der Waals surface area contributed by atoms with Gasteiger partial charge in [0.05, 0.1) is 11.1 Å². The summed E-state index contributed by atoms with van der Waals surface area (Å²) >= 11 is 9.27. The van der Waals surface area contributed by atoms with Crippen molar-refractivity contribution in [3.8, 4) is 0 Å². The Morgan fingerprint density at radius 2 is 2.16 bits per heavy atom. The molecule has 19 heavy (non-hydrogen) atoms. The number of carbonyl (C=O) groups excluding carboxylic acids is 1. The summed E-state index contributed by atoms with van der Waals surface area (Å²) in [5, 5.41) is 6.83. The molecule has 0 radical (unpaired) electrons. The zero-order valence-electron chi connectivity index (χ0n) is 10.7. The van der Waals surface area contributed by atoms with Crippen molar-refractivity contribution < 1.29 is 4.79 Å². The van der Waals surface area contributed by atoms with Crippen LogP contribution >= 0.6 is 27.5 Å². The monoisotopic (exact) mass is 345 g/mol. The molecule has 1 unspecified atom stereocenters. The lowest BCUT2D eigenvalue weighted by Crippen LogP contribution is -2.51. The zero-order chi connectivity index (χ0) is 13.8. The minimum absolute atomic E-state index is 0.0103. The molecule has 2 rings (SSSR count). The van der Waals surface area contributed by atoms with E-state index in [1.54, 1.807) is 12.1 Å². The number of piperazine rings is 1. The van der Waals surface area contributed by atoms with Crippen molar-refractivity contribution in [2.75, 3.05) is 31.5 Å². The topological polar surface area (TPSA) is 44.4 Å². The van der Waals surface area contributed by atoms with Gasteiger partial charge in [0.25, 0.3) is 0 Å². The van der Waals surface area contributed by atoms with Crippen LogP contribution in [0.3, 0.4) is 0 Å². The molecule has 0 aliphatic carbocycles. The summed E-state index contributed by atoms with van der Waals surface area (Å²) in [7, 11) is 0. The molecule has 104 valence electrons. The number of benzene rings is 1. The molecule has 0 spiro atoms. The fourth-order valence-electron chi connectivity index (χ4n) is 2.06. The molecule has 1 heterocycles. The molecule has 1 aromatic carbocycles. The number of anilines is 1. The average Bonchev–Trinajstić information content (AvgIpc) is 2.43. The van der Waals surface area contributed by atoms with E-state index in [0.717, 1.165) is 36.3 Å². The highest BCUT2D eigenvalue weighted by atomic mass is 79.9. The summed E-state index contributed by atoms with van der Waals surface area (Å²) < 4.78 is 0.779. The maximum atomic E-state index is 12.2. The molecule has 4 nitrogen and oxygen atoms in total. The molecular formula is C13H17BrClN3O. The van der Waals surface area contributed by atoms with E-state index >= 15 is 0 Å². The van der Waals surface area contributed by atoms with Crippen LogP contribution < -0.4 is 10.6 Å². The molecule has 1 atom stereocenters. The van der Waals surface area contributed by atoms with E-state index in [4.69, 9.17) is 11.6 Å². The Kier molecular flexibility index (Phi) is 5.21. The van der Waals surface area contributed by atoms with E-state index in [1.807, 2.05) is 13.0 Å². The minimum atomic E-state index is -0.128. The summed E-state index contributed by atoms with van der Waals surface area (Å²) in [6.45, 7) is 5.61. The maximum absolute atomic E-state index is 12.2. The molecule has 1 saturated heterocycles. The minimum Gasteiger partial charge on any atom is -0.325 e. The first-order chi connectivity index (χ1) is 9.08. The van der Waals surface area contributed by atoms with E-state index in [0.29, 0.717) is 5.02 Å². The number of amides is 1. The second-order valence-corrected chi connectivity index (χ2v) is 5.84. The van der Waals surface area contributed by atoms with Crippen LogP contribution in [0.1, 0.15) is 6.92 Å². The van der Waals surface area contributed by atoms with Gasteiger partial charge >= 0.3 is 0 Å². The molecule has 1 amide bonds. The lowest BCUT2D eigenvalue weighted by atomic mass is 10.2. The zero-order valence-corrected chi connectivity index (χ0v) is 13.1. The first-order valence-corrected chi connectivity index (χ1v) is 7.45. The van der Waals surface area contributed by atoms with E-state index in [9.17, 15) is 4.79 Å². The van der Waals surface area contributed by atoms with E-state index < -0.39 is 0 Å². The third-order valence-corrected chi connectivity index (χ3v) is 4.48. The predicted octanol–water partition coefficient (Wildman–Crippen LogP) is 2.33. The van der Waals surface area contributed by atoms with Crippen molar-refractivity contribution in [3.05, 3.63) is 27.7 Å². The fraction of sp³-hybridized carbons (Fsp3) is 0.462. The third-order valence-electron chi connectivity index (χ3n) is 3.27. The molecule has 1 fully saturated rings. The van der Waals surface area contributed by atoms with Crippen molar-refractivity contribution in [2.24, 2.45) is 0 Å². The molecule has 0 saturated carbocycles. The van der Waals surface area contributed by atoms with Crippen molar-refractivity contribution in [1.29, 1.82) is 0 Å². The number of nitrogens with zero attached hydrogens (tertiary/aromatic N) is 1. The highest BCUT2D eigenvalue weighted by Gasteiger charge is 2.22. The molecule has 1 aliphatic heterocycles. The lowest BCUT2D eigenvalue weighted by Gasteiger charge is -2.31. The Morgan fingerprint density at radius 1 is 1.47 bits per heavy atom. The van der Waals surface area contributed by atoms with Gasteiger partial charge in [0.15, 0.2) is 0 Å². The molecule has 1 aliphatic rings. The smallest absolute Gasteiger partial charge is 0.241 e. The normalized spacial score (nSPS) is 18.1. The number of nitrogens with one attached hydrogen (secondary N) is 2. The summed E-state index contributed by atoms with van der Waals surface area (Å²) in [4.78, 5) is 14.4. The van der Waals surface area contributed by atoms with Gasteiger partial charge in [-0.3, -0.25) is 9.69 Å². The van der Waals surface area contributed by atoms with Crippen LogP contribution in [0.25, 0.3) is 0 Å². The highest BCUT2D eigenvalue weighted by Crippen LogP contribution is 2.25. The third kappa shape index (κ3) is 3.92. The molecule has 0 aromatic heterocycles. The number of halogens is 2. The number of hydrogen-bond donors (Lipinski definition) is 2. The largest absolute Gasteiger partial charge is 0.325 e. The second kappa shape index (κ2) is 6.70. The van der Waals surface area contributed by atoms with E-state index in [2.05, 4.69) is 31.5 Å². The van der Waals surface area contributed by atoms with Gasteiger partial charge in [-0.2, -0.15) is 0 Å². The van der Waals surface area contributed by atoms with Crippen LogP contribution in [-0.4, -0.2) is 43.0 Å². The maximum Gasteiger partial charge on any atom is 0.241 e. The Morgan fingerprint density at radius 3 is 2.79 bits per heavy atom. The standard InChI is InChI=1S/C13H17BrClN3O/c1-9(18-6-4-16-5-7-18)13(19)17-10-2-3-12(15)11(14)8-10/h2-3,8-9,16H,4-7H2,1H3,(H,17,19). The van der Waals surface area contributed by atoms with Gasteiger partial charge in [-0.1, -0.05) is 11.6 Å². The first-order valence-electron chi connectivity index (χ1n) is 6.28. The van der Waals surface area contributed by atoms with Crippen LogP contribution in [0.5, 0.6) is 0 Å². The number of hydrogen-bond acceptors (Lipinski definition) is 3. The molecule has 2 N–H and O–H groups in total. The Balaban J connectivity index is 1.97. The molecule has 0 bridgehead atoms. The first kappa shape index (κ1) is 14.8. The van der Waals surface area contributed by atoms with Gasteiger partial charge in [0, 0.05) is 36.3 Å². The van der Waals surface area contributed by atoms with Crippen molar-refractivity contribution in [1.82, 2.24) is 10.2 Å². The number of carbonyl (C=O) groups is 1. The van der Waals surface area contributed by atoms with Gasteiger partial charge < -0.3 is 10.6 Å². The summed E-state index contributed by atoms with van der Waals surface area (Å²) in [6.07, 6.45) is 0. The summed E-state index contributed by atoms with van der Waals surface area (Å²) in [6, 6.07) is 5.24. The second-order valence-electron chi connectivity index (χ2n) is 4.58. The summed E-state index contributed by atoms with van der Waals surface area (Å²) in [5.41, 5.74) is 0.753. The van der Waals surface area contributed by atoms with E-state index in [1.165, 1.54) is 0 Å². The van der Waals surface area contributed by atoms with Gasteiger partial charge in [-0.25, -0.2) is 0 Å². The highest BCUT2D eigenvalue weighted by molar-refractivity contribution is 9.10. The summed E-state index contributed by atoms with van der Waals surface area (Å²) in [5.74, 6) is 0.0103. The molecular weight excluding hydrogens is 330 g/mol. The van der Waals surface area contributed by atoms with Crippen LogP contribution in [0.4, 0.5) is 5.69 Å². The Labute approximate surface area is 126 Å². The van der Waals surface area contributed by atoms with Crippen molar-refractivity contribution in [3.63, 3.8) is 0 Å². The van der Waals surface area contributed by atoms with Crippen LogP contribution in [-0.2, 0) is 4.79 Å². The van der Waals surface area contributed by atoms with Crippen LogP contribution in [0.15, 0.2) is 22.7 Å². The van der Waals surface area contributed by atoms with Gasteiger partial charge in [0.1, 0.15) is 0 Å². The fourth-order valence-corrected chi connectivity index (χ4v) is 2.55. The Hall–Kier alpha value is -0.620. The molecule has 6 heteroatoms. The van der Waals surface area contributed by atoms with Crippen molar-refractivity contribution in [2.45, 2.75) is 13.0 Å². The van der Waals surface area contributed by atoms with Crippen LogP contribution in [0, 0.1) is 0 Å². The van der Waals surface area contributed by atoms with E-state index in [-0.39, 0.29) is 11.9 Å². The number of rotatable bonds is 3. The molecule has 1 aromatic rings. The Bertz CT molecular complexity index is 463. The SMILES string of the molecule is CC(C(=O)Nc1ccc(Cl)c(Br)c1)N1CCNCC1.